The average Bonchev–Trinajstić information content (AvgIpc) is 3.19. The Balaban J connectivity index is 1.30. The Bertz CT molecular complexity index is 1100. The standard InChI is InChI=1S/C21H22N8O/c1-2-6-17(7-3-1)25-20-19-21(24-15-23-20)29(27-26-19)14-18-13-28(9-10-30-18)12-16-5-4-8-22-11-16/h1-8,11,15,18H,9-10,12-14H2,(H,23,24,25)/t18-/m1/s1. The first-order chi connectivity index (χ1) is 14.8. The smallest absolute Gasteiger partial charge is 0.183 e. The van der Waals surface area contributed by atoms with Crippen LogP contribution in [0.25, 0.3) is 11.2 Å². The maximum absolute atomic E-state index is 5.99. The number of ether oxygens (including phenoxy) is 1. The molecule has 1 saturated heterocycles. The fourth-order valence-electron chi connectivity index (χ4n) is 3.64. The molecular formula is C21H22N8O. The Kier molecular flexibility index (Phi) is 5.28. The minimum absolute atomic E-state index is 0.0146. The number of benzene rings is 1. The molecule has 9 nitrogen and oxygen atoms in total. The zero-order valence-corrected chi connectivity index (χ0v) is 16.4. The lowest BCUT2D eigenvalue weighted by Gasteiger charge is -2.32. The van der Waals surface area contributed by atoms with Crippen LogP contribution in [0.3, 0.4) is 0 Å². The molecule has 4 aromatic rings. The van der Waals surface area contributed by atoms with Crippen LogP contribution in [0.1, 0.15) is 5.56 Å². The van der Waals surface area contributed by atoms with Crippen molar-refractivity contribution in [1.29, 1.82) is 0 Å². The van der Waals surface area contributed by atoms with E-state index in [1.54, 1.807) is 10.9 Å². The first kappa shape index (κ1) is 18.6. The largest absolute Gasteiger partial charge is 0.374 e. The first-order valence-corrected chi connectivity index (χ1v) is 9.94. The van der Waals surface area contributed by atoms with E-state index in [2.05, 4.69) is 41.5 Å². The third-order valence-electron chi connectivity index (χ3n) is 5.07. The van der Waals surface area contributed by atoms with Crippen molar-refractivity contribution in [3.63, 3.8) is 0 Å². The minimum Gasteiger partial charge on any atom is -0.374 e. The Hall–Kier alpha value is -3.43. The van der Waals surface area contributed by atoms with Gasteiger partial charge in [0.05, 0.1) is 19.3 Å². The number of rotatable bonds is 6. The van der Waals surface area contributed by atoms with Crippen LogP contribution >= 0.6 is 0 Å². The zero-order valence-electron chi connectivity index (χ0n) is 16.4. The SMILES string of the molecule is c1ccc(Nc2ncnc3c2nnn3C[C@H]2CN(Cc3cccnc3)CCO2)cc1. The van der Waals surface area contributed by atoms with Crippen molar-refractivity contribution in [3.8, 4) is 0 Å². The molecule has 1 atom stereocenters. The van der Waals surface area contributed by atoms with Crippen LogP contribution < -0.4 is 5.32 Å². The molecule has 5 rings (SSSR count). The number of anilines is 2. The molecule has 0 unspecified atom stereocenters. The molecule has 0 amide bonds. The highest BCUT2D eigenvalue weighted by molar-refractivity contribution is 5.84. The van der Waals surface area contributed by atoms with Crippen LogP contribution in [-0.2, 0) is 17.8 Å². The molecule has 1 aliphatic rings. The normalized spacial score (nSPS) is 17.3. The van der Waals surface area contributed by atoms with Gasteiger partial charge in [0.25, 0.3) is 0 Å². The van der Waals surface area contributed by atoms with Gasteiger partial charge in [-0.3, -0.25) is 9.88 Å². The highest BCUT2D eigenvalue weighted by Gasteiger charge is 2.23. The van der Waals surface area contributed by atoms with Crippen molar-refractivity contribution < 1.29 is 4.74 Å². The second-order valence-electron chi connectivity index (χ2n) is 7.25. The number of aromatic nitrogens is 6. The lowest BCUT2D eigenvalue weighted by Crippen LogP contribution is -2.43. The summed E-state index contributed by atoms with van der Waals surface area (Å²) in [7, 11) is 0. The molecule has 1 fully saturated rings. The van der Waals surface area contributed by atoms with E-state index in [4.69, 9.17) is 4.74 Å². The Morgan fingerprint density at radius 1 is 1.10 bits per heavy atom. The van der Waals surface area contributed by atoms with Crippen molar-refractivity contribution in [2.75, 3.05) is 25.0 Å². The molecule has 0 radical (unpaired) electrons. The number of nitrogens with one attached hydrogen (secondary N) is 1. The predicted molar refractivity (Wildman–Crippen MR) is 112 cm³/mol. The molecule has 152 valence electrons. The van der Waals surface area contributed by atoms with Gasteiger partial charge in [0, 0.05) is 37.7 Å². The summed E-state index contributed by atoms with van der Waals surface area (Å²) in [5.74, 6) is 0.639. The van der Waals surface area contributed by atoms with Crippen molar-refractivity contribution in [2.24, 2.45) is 0 Å². The van der Waals surface area contributed by atoms with E-state index in [1.165, 1.54) is 11.9 Å². The van der Waals surface area contributed by atoms with Crippen LogP contribution in [0.5, 0.6) is 0 Å². The lowest BCUT2D eigenvalue weighted by molar-refractivity contribution is -0.0399. The molecule has 3 aromatic heterocycles. The van der Waals surface area contributed by atoms with Crippen molar-refractivity contribution >= 4 is 22.7 Å². The minimum atomic E-state index is 0.0146. The quantitative estimate of drug-likeness (QED) is 0.525. The first-order valence-electron chi connectivity index (χ1n) is 9.94. The molecule has 1 aliphatic heterocycles. The van der Waals surface area contributed by atoms with Gasteiger partial charge in [0.2, 0.25) is 0 Å². The topological polar surface area (TPSA) is 93.9 Å². The van der Waals surface area contributed by atoms with Gasteiger partial charge >= 0.3 is 0 Å². The molecule has 1 N–H and O–H groups in total. The molecular weight excluding hydrogens is 380 g/mol. The van der Waals surface area contributed by atoms with Gasteiger partial charge < -0.3 is 10.1 Å². The van der Waals surface area contributed by atoms with E-state index in [1.807, 2.05) is 42.6 Å². The summed E-state index contributed by atoms with van der Waals surface area (Å²) in [5.41, 5.74) is 3.48. The van der Waals surface area contributed by atoms with Gasteiger partial charge in [0.15, 0.2) is 17.0 Å². The molecule has 30 heavy (non-hydrogen) atoms. The fraction of sp³-hybridized carbons (Fsp3) is 0.286. The van der Waals surface area contributed by atoms with Crippen molar-refractivity contribution in [2.45, 2.75) is 19.2 Å². The van der Waals surface area contributed by atoms with Crippen LogP contribution in [0.4, 0.5) is 11.5 Å². The predicted octanol–water partition coefficient (Wildman–Crippen LogP) is 2.26. The highest BCUT2D eigenvalue weighted by atomic mass is 16.5. The van der Waals surface area contributed by atoms with E-state index < -0.39 is 0 Å². The van der Waals surface area contributed by atoms with E-state index in [-0.39, 0.29) is 6.10 Å². The zero-order chi connectivity index (χ0) is 20.2. The van der Waals surface area contributed by atoms with Gasteiger partial charge in [-0.15, -0.1) is 5.10 Å². The van der Waals surface area contributed by atoms with E-state index in [0.29, 0.717) is 30.1 Å². The van der Waals surface area contributed by atoms with Crippen LogP contribution in [0, 0.1) is 0 Å². The van der Waals surface area contributed by atoms with Crippen molar-refractivity contribution in [3.05, 3.63) is 66.7 Å². The number of nitrogens with zero attached hydrogens (tertiary/aromatic N) is 7. The van der Waals surface area contributed by atoms with E-state index >= 15 is 0 Å². The molecule has 0 aliphatic carbocycles. The number of hydrogen-bond acceptors (Lipinski definition) is 8. The lowest BCUT2D eigenvalue weighted by atomic mass is 10.2. The highest BCUT2D eigenvalue weighted by Crippen LogP contribution is 2.21. The third-order valence-corrected chi connectivity index (χ3v) is 5.07. The summed E-state index contributed by atoms with van der Waals surface area (Å²) in [6.45, 7) is 3.85. The molecule has 9 heteroatoms. The molecule has 0 spiro atoms. The number of fused-ring (bicyclic) bond motifs is 1. The summed E-state index contributed by atoms with van der Waals surface area (Å²) >= 11 is 0. The number of hydrogen-bond donors (Lipinski definition) is 1. The molecule has 0 saturated carbocycles. The molecule has 4 heterocycles. The summed E-state index contributed by atoms with van der Waals surface area (Å²) in [4.78, 5) is 15.3. The Morgan fingerprint density at radius 3 is 2.90 bits per heavy atom. The molecule has 0 bridgehead atoms. The van der Waals surface area contributed by atoms with Crippen molar-refractivity contribution in [1.82, 2.24) is 34.8 Å². The van der Waals surface area contributed by atoms with E-state index in [0.717, 1.165) is 25.3 Å². The van der Waals surface area contributed by atoms with Crippen LogP contribution in [0.15, 0.2) is 61.2 Å². The summed E-state index contributed by atoms with van der Waals surface area (Å²) in [6.07, 6.45) is 5.25. The van der Waals surface area contributed by atoms with Gasteiger partial charge in [-0.2, -0.15) is 0 Å². The van der Waals surface area contributed by atoms with Gasteiger partial charge in [-0.25, -0.2) is 14.6 Å². The Morgan fingerprint density at radius 2 is 2.03 bits per heavy atom. The van der Waals surface area contributed by atoms with Gasteiger partial charge in [-0.1, -0.05) is 29.5 Å². The Labute approximate surface area is 173 Å². The number of morpholine rings is 1. The summed E-state index contributed by atoms with van der Waals surface area (Å²) in [5, 5.41) is 11.9. The van der Waals surface area contributed by atoms with E-state index in [9.17, 15) is 0 Å². The fourth-order valence-corrected chi connectivity index (χ4v) is 3.64. The second-order valence-corrected chi connectivity index (χ2v) is 7.25. The maximum Gasteiger partial charge on any atom is 0.183 e. The number of para-hydroxylation sites is 1. The summed E-state index contributed by atoms with van der Waals surface area (Å²) in [6, 6.07) is 13.9. The van der Waals surface area contributed by atoms with Crippen LogP contribution in [-0.4, -0.2) is 60.6 Å². The monoisotopic (exact) mass is 402 g/mol. The third kappa shape index (κ3) is 4.12. The van der Waals surface area contributed by atoms with Crippen LogP contribution in [0.2, 0.25) is 0 Å². The van der Waals surface area contributed by atoms with Gasteiger partial charge in [-0.05, 0) is 23.8 Å². The maximum atomic E-state index is 5.99. The summed E-state index contributed by atoms with van der Waals surface area (Å²) < 4.78 is 7.79. The second kappa shape index (κ2) is 8.52. The number of pyridine rings is 1. The van der Waals surface area contributed by atoms with Gasteiger partial charge in [0.1, 0.15) is 6.33 Å². The molecule has 1 aromatic carbocycles. The average molecular weight is 402 g/mol.